The number of aryl methyl sites for hydroxylation is 2. The summed E-state index contributed by atoms with van der Waals surface area (Å²) in [5, 5.41) is 21.9. The van der Waals surface area contributed by atoms with Gasteiger partial charge in [0.25, 0.3) is 0 Å². The highest BCUT2D eigenvalue weighted by Gasteiger charge is 2.48. The first kappa shape index (κ1) is 46.1. The van der Waals surface area contributed by atoms with E-state index in [1.165, 1.54) is 22.5 Å². The number of anilines is 1. The predicted molar refractivity (Wildman–Crippen MR) is 242 cm³/mol. The summed E-state index contributed by atoms with van der Waals surface area (Å²) < 4.78 is 2.43. The zero-order chi connectivity index (χ0) is 43.3. The Balaban J connectivity index is 1.43. The van der Waals surface area contributed by atoms with Gasteiger partial charge < -0.3 is 26.4 Å². The van der Waals surface area contributed by atoms with Gasteiger partial charge >= 0.3 is 5.97 Å². The van der Waals surface area contributed by atoms with E-state index in [2.05, 4.69) is 134 Å². The number of carboxylic acids is 1. The zero-order valence-corrected chi connectivity index (χ0v) is 37.1. The van der Waals surface area contributed by atoms with Crippen LogP contribution in [-0.2, 0) is 30.0 Å². The van der Waals surface area contributed by atoms with Gasteiger partial charge in [-0.25, -0.2) is 0 Å². The molecule has 0 aromatic heterocycles. The third-order valence-corrected chi connectivity index (χ3v) is 12.7. The molecule has 0 aliphatic carbocycles. The Morgan fingerprint density at radius 1 is 0.883 bits per heavy atom. The SMILES string of the molecule is CCCCC1C(=O)NCCCCC(C(=O)NCCCCCC(=O)O)NC(=O)CCCCC[N+]2=C(/C=C/C=C/C=C3\Nc4ccc(C)cc4C31C)C(C)(C)c1cc(C)ccc12. The Morgan fingerprint density at radius 2 is 1.65 bits per heavy atom. The fourth-order valence-electron chi connectivity index (χ4n) is 9.18. The molecular weight excluding hydrogens is 751 g/mol. The van der Waals surface area contributed by atoms with Crippen LogP contribution in [0.2, 0.25) is 0 Å². The zero-order valence-electron chi connectivity index (χ0n) is 37.1. The van der Waals surface area contributed by atoms with Crippen LogP contribution in [0.4, 0.5) is 11.4 Å². The van der Waals surface area contributed by atoms with Crippen LogP contribution in [0, 0.1) is 19.8 Å². The maximum absolute atomic E-state index is 14.3. The van der Waals surface area contributed by atoms with Crippen molar-refractivity contribution in [3.05, 3.63) is 94.7 Å². The molecule has 0 saturated carbocycles. The maximum atomic E-state index is 14.3. The van der Waals surface area contributed by atoms with Crippen LogP contribution in [0.5, 0.6) is 0 Å². The quantitative estimate of drug-likeness (QED) is 0.120. The highest BCUT2D eigenvalue weighted by Crippen LogP contribution is 2.50. The number of benzene rings is 2. The fraction of sp³-hybridized carbons (Fsp3) is 0.540. The molecule has 3 atom stereocenters. The minimum Gasteiger partial charge on any atom is -0.481 e. The van der Waals surface area contributed by atoms with Gasteiger partial charge in [0, 0.05) is 66.9 Å². The lowest BCUT2D eigenvalue weighted by Crippen LogP contribution is -2.47. The summed E-state index contributed by atoms with van der Waals surface area (Å²) in [7, 11) is 0. The maximum Gasteiger partial charge on any atom is 0.303 e. The largest absolute Gasteiger partial charge is 0.481 e. The van der Waals surface area contributed by atoms with Gasteiger partial charge in [-0.1, -0.05) is 73.7 Å². The van der Waals surface area contributed by atoms with Crippen LogP contribution in [-0.4, -0.2) is 64.8 Å². The molecular formula is C50H70N5O5+. The third kappa shape index (κ3) is 11.4. The van der Waals surface area contributed by atoms with Gasteiger partial charge in [-0.3, -0.25) is 19.2 Å². The lowest BCUT2D eigenvalue weighted by Gasteiger charge is -2.35. The number of nitrogens with zero attached hydrogens (tertiary/aromatic N) is 1. The van der Waals surface area contributed by atoms with E-state index in [1.54, 1.807) is 0 Å². The first-order valence-corrected chi connectivity index (χ1v) is 22.5. The number of allylic oxidation sites excluding steroid dienone is 6. The predicted octanol–water partition coefficient (Wildman–Crippen LogP) is 8.97. The van der Waals surface area contributed by atoms with E-state index in [0.717, 1.165) is 61.2 Å². The molecule has 3 heterocycles. The van der Waals surface area contributed by atoms with Crippen molar-refractivity contribution >= 4 is 40.8 Å². The standard InChI is InChI=1S/C50H69N5O5/c1-7-8-20-37-47(59)51-31-18-16-21-41(48(60)52-30-17-10-15-25-46(57)58)54-45(56)24-14-11-19-32-55-42-29-27-36(3)34-39(42)49(4,5)44(55)23-13-9-12-22-43-50(37,6)38-33-35(2)26-28-40(38)53-43/h9,12-13,22-23,26-29,33-34,37,41H,7-8,10-11,14-21,24-25,30-32H2,1-6H3,(H4,51,52,54,56,57,58,59,60)/p+1. The van der Waals surface area contributed by atoms with E-state index >= 15 is 0 Å². The van der Waals surface area contributed by atoms with Crippen molar-refractivity contribution in [2.45, 2.75) is 148 Å². The topological polar surface area (TPSA) is 140 Å². The average Bonchev–Trinajstić information content (AvgIpc) is 3.59. The number of hydrogen-bond donors (Lipinski definition) is 5. The number of carbonyl (C=O) groups is 4. The molecule has 0 fully saturated rings. The number of rotatable bonds is 10. The number of unbranched alkanes of at least 4 members (excludes halogenated alkanes) is 3. The van der Waals surface area contributed by atoms with E-state index in [9.17, 15) is 19.2 Å². The highest BCUT2D eigenvalue weighted by atomic mass is 16.4. The number of aliphatic carboxylic acids is 1. The van der Waals surface area contributed by atoms with Gasteiger partial charge in [0.05, 0.1) is 11.3 Å². The number of hydrogen-bond acceptors (Lipinski definition) is 5. The summed E-state index contributed by atoms with van der Waals surface area (Å²) in [5.74, 6) is -1.48. The lowest BCUT2D eigenvalue weighted by atomic mass is 9.68. The van der Waals surface area contributed by atoms with Crippen LogP contribution < -0.4 is 21.3 Å². The van der Waals surface area contributed by atoms with E-state index in [0.29, 0.717) is 64.5 Å². The molecule has 5 N–H and O–H groups in total. The van der Waals surface area contributed by atoms with Crippen molar-refractivity contribution < 1.29 is 28.9 Å². The molecule has 10 nitrogen and oxygen atoms in total. The summed E-state index contributed by atoms with van der Waals surface area (Å²) in [5.41, 5.74) is 8.53. The molecule has 0 saturated heterocycles. The molecule has 3 unspecified atom stereocenters. The molecule has 5 rings (SSSR count). The van der Waals surface area contributed by atoms with Crippen molar-refractivity contribution in [3.63, 3.8) is 0 Å². The van der Waals surface area contributed by atoms with Crippen molar-refractivity contribution in [1.82, 2.24) is 16.0 Å². The smallest absolute Gasteiger partial charge is 0.303 e. The molecule has 10 heteroatoms. The Hall–Kier alpha value is -4.99. The highest BCUT2D eigenvalue weighted by molar-refractivity contribution is 6.03. The summed E-state index contributed by atoms with van der Waals surface area (Å²) >= 11 is 0. The Morgan fingerprint density at radius 3 is 2.42 bits per heavy atom. The molecule has 2 aromatic rings. The molecule has 0 spiro atoms. The van der Waals surface area contributed by atoms with Crippen molar-refractivity contribution in [3.8, 4) is 0 Å². The molecule has 3 aliphatic heterocycles. The Kier molecular flexibility index (Phi) is 16.5. The van der Waals surface area contributed by atoms with Crippen LogP contribution in [0.25, 0.3) is 0 Å². The number of carbonyl (C=O) groups excluding carboxylic acids is 3. The number of nitrogens with one attached hydrogen (secondary N) is 4. The minimum absolute atomic E-state index is 0.0200. The molecule has 324 valence electrons. The molecule has 2 aromatic carbocycles. The number of carboxylic acid groups (broad SMARTS) is 1. The van der Waals surface area contributed by atoms with Gasteiger partial charge in [0.1, 0.15) is 12.6 Å². The van der Waals surface area contributed by atoms with Crippen LogP contribution in [0.3, 0.4) is 0 Å². The summed E-state index contributed by atoms with van der Waals surface area (Å²) in [6, 6.07) is 12.5. The second-order valence-electron chi connectivity index (χ2n) is 17.8. The van der Waals surface area contributed by atoms with Crippen LogP contribution >= 0.6 is 0 Å². The van der Waals surface area contributed by atoms with Gasteiger partial charge in [-0.2, -0.15) is 4.58 Å². The van der Waals surface area contributed by atoms with Crippen LogP contribution in [0.1, 0.15) is 140 Å². The monoisotopic (exact) mass is 821 g/mol. The molecule has 3 amide bonds. The van der Waals surface area contributed by atoms with Crippen molar-refractivity contribution in [1.29, 1.82) is 0 Å². The molecule has 0 bridgehead atoms. The van der Waals surface area contributed by atoms with Gasteiger partial charge in [0.2, 0.25) is 23.4 Å². The Bertz CT molecular complexity index is 1990. The summed E-state index contributed by atoms with van der Waals surface area (Å²) in [6.45, 7) is 14.9. The van der Waals surface area contributed by atoms with Crippen LogP contribution in [0.15, 0.2) is 72.5 Å². The second-order valence-corrected chi connectivity index (χ2v) is 17.8. The van der Waals surface area contributed by atoms with E-state index < -0.39 is 17.4 Å². The molecule has 60 heavy (non-hydrogen) atoms. The average molecular weight is 821 g/mol. The fourth-order valence-corrected chi connectivity index (χ4v) is 9.18. The van der Waals surface area contributed by atoms with Gasteiger partial charge in [-0.15, -0.1) is 0 Å². The number of fused-ring (bicyclic) bond motifs is 5. The number of amides is 3. The first-order valence-electron chi connectivity index (χ1n) is 22.5. The van der Waals surface area contributed by atoms with Crippen molar-refractivity contribution in [2.24, 2.45) is 5.92 Å². The second kappa shape index (κ2) is 21.5. The normalized spacial score (nSPS) is 24.5. The molecule has 3 aliphatic rings. The van der Waals surface area contributed by atoms with E-state index in [4.69, 9.17) is 5.11 Å². The summed E-state index contributed by atoms with van der Waals surface area (Å²) in [6.07, 6.45) is 20.0. The summed E-state index contributed by atoms with van der Waals surface area (Å²) in [4.78, 5) is 51.9. The van der Waals surface area contributed by atoms with E-state index in [-0.39, 0.29) is 35.5 Å². The van der Waals surface area contributed by atoms with Gasteiger partial charge in [-0.05, 0) is 110 Å². The van der Waals surface area contributed by atoms with Crippen molar-refractivity contribution in [2.75, 3.05) is 25.0 Å². The van der Waals surface area contributed by atoms with E-state index in [1.807, 2.05) is 0 Å². The Labute approximate surface area is 358 Å². The van der Waals surface area contributed by atoms with Gasteiger partial charge in [0.15, 0.2) is 5.71 Å². The lowest BCUT2D eigenvalue weighted by molar-refractivity contribution is -0.438. The minimum atomic E-state index is -0.820. The third-order valence-electron chi connectivity index (χ3n) is 12.7. The molecule has 0 radical (unpaired) electrons. The first-order chi connectivity index (χ1) is 28.8.